The van der Waals surface area contributed by atoms with Crippen molar-refractivity contribution in [1.82, 2.24) is 4.98 Å². The topological polar surface area (TPSA) is 45.2 Å². The Bertz CT molecular complexity index is 638. The standard InChI is InChI=1S/C17H17N3O/c21-17(19-15-6-2-1-3-7-15)14-9-12-20(13-10-14)16-8-4-5-11-18-16/h1-9,11H,10,12-13H2,(H,19,21). The number of aromatic nitrogens is 1. The highest BCUT2D eigenvalue weighted by molar-refractivity contribution is 6.03. The third kappa shape index (κ3) is 3.28. The molecule has 0 bridgehead atoms. The number of hydrogen-bond acceptors (Lipinski definition) is 3. The Hall–Kier alpha value is -2.62. The van der Waals surface area contributed by atoms with Crippen LogP contribution >= 0.6 is 0 Å². The highest BCUT2D eigenvalue weighted by Gasteiger charge is 2.17. The molecule has 3 rings (SSSR count). The maximum Gasteiger partial charge on any atom is 0.251 e. The van der Waals surface area contributed by atoms with E-state index in [1.165, 1.54) is 0 Å². The summed E-state index contributed by atoms with van der Waals surface area (Å²) in [6.07, 6.45) is 4.50. The molecule has 2 heterocycles. The van der Waals surface area contributed by atoms with Crippen molar-refractivity contribution in [3.8, 4) is 0 Å². The molecule has 0 saturated heterocycles. The Labute approximate surface area is 124 Å². The van der Waals surface area contributed by atoms with Crippen molar-refractivity contribution >= 4 is 17.4 Å². The van der Waals surface area contributed by atoms with Crippen LogP contribution in [0.2, 0.25) is 0 Å². The second-order valence-electron chi connectivity index (χ2n) is 4.93. The van der Waals surface area contributed by atoms with Gasteiger partial charge in [-0.3, -0.25) is 4.79 Å². The quantitative estimate of drug-likeness (QED) is 0.939. The summed E-state index contributed by atoms with van der Waals surface area (Å²) in [5.74, 6) is 0.943. The van der Waals surface area contributed by atoms with Crippen molar-refractivity contribution in [1.29, 1.82) is 0 Å². The Morgan fingerprint density at radius 2 is 1.90 bits per heavy atom. The number of benzene rings is 1. The predicted octanol–water partition coefficient (Wildman–Crippen LogP) is 2.86. The average Bonchev–Trinajstić information content (AvgIpc) is 2.57. The number of carbonyl (C=O) groups excluding carboxylic acids is 1. The van der Waals surface area contributed by atoms with E-state index in [1.54, 1.807) is 6.20 Å². The van der Waals surface area contributed by atoms with Gasteiger partial charge in [-0.05, 0) is 30.7 Å². The summed E-state index contributed by atoms with van der Waals surface area (Å²) in [6.45, 7) is 1.53. The van der Waals surface area contributed by atoms with Gasteiger partial charge in [0.05, 0.1) is 0 Å². The Morgan fingerprint density at radius 1 is 1.10 bits per heavy atom. The number of nitrogens with zero attached hydrogens (tertiary/aromatic N) is 2. The molecular formula is C17H17N3O. The molecule has 106 valence electrons. The number of amides is 1. The fraction of sp³-hybridized carbons (Fsp3) is 0.176. The van der Waals surface area contributed by atoms with Crippen LogP contribution < -0.4 is 10.2 Å². The van der Waals surface area contributed by atoms with E-state index in [1.807, 2.05) is 54.6 Å². The van der Waals surface area contributed by atoms with Gasteiger partial charge in [-0.15, -0.1) is 0 Å². The van der Waals surface area contributed by atoms with Gasteiger partial charge in [-0.2, -0.15) is 0 Å². The zero-order chi connectivity index (χ0) is 14.5. The maximum atomic E-state index is 12.2. The molecule has 1 N–H and O–H groups in total. The first kappa shape index (κ1) is 13.4. The molecule has 1 aliphatic heterocycles. The fourth-order valence-electron chi connectivity index (χ4n) is 2.36. The van der Waals surface area contributed by atoms with E-state index >= 15 is 0 Å². The third-order valence-electron chi connectivity index (χ3n) is 3.51. The van der Waals surface area contributed by atoms with Crippen LogP contribution in [0.25, 0.3) is 0 Å². The Kier molecular flexibility index (Phi) is 3.96. The number of pyridine rings is 1. The molecule has 1 aliphatic rings. The van der Waals surface area contributed by atoms with Crippen molar-refractivity contribution in [2.75, 3.05) is 23.3 Å². The van der Waals surface area contributed by atoms with Crippen LogP contribution in [0, 0.1) is 0 Å². The molecule has 0 spiro atoms. The first-order valence-electron chi connectivity index (χ1n) is 7.04. The molecule has 2 aromatic rings. The third-order valence-corrected chi connectivity index (χ3v) is 3.51. The fourth-order valence-corrected chi connectivity index (χ4v) is 2.36. The number of carbonyl (C=O) groups is 1. The van der Waals surface area contributed by atoms with E-state index in [4.69, 9.17) is 0 Å². The average molecular weight is 279 g/mol. The number of hydrogen-bond donors (Lipinski definition) is 1. The van der Waals surface area contributed by atoms with Crippen molar-refractivity contribution in [2.45, 2.75) is 6.42 Å². The lowest BCUT2D eigenvalue weighted by Gasteiger charge is -2.26. The Morgan fingerprint density at radius 3 is 2.57 bits per heavy atom. The molecule has 21 heavy (non-hydrogen) atoms. The number of anilines is 2. The van der Waals surface area contributed by atoms with E-state index < -0.39 is 0 Å². The normalized spacial score (nSPS) is 14.5. The molecule has 0 fully saturated rings. The van der Waals surface area contributed by atoms with Gasteiger partial charge in [0.2, 0.25) is 0 Å². The summed E-state index contributed by atoms with van der Waals surface area (Å²) in [7, 11) is 0. The van der Waals surface area contributed by atoms with Gasteiger partial charge < -0.3 is 10.2 Å². The van der Waals surface area contributed by atoms with E-state index in [-0.39, 0.29) is 5.91 Å². The highest BCUT2D eigenvalue weighted by atomic mass is 16.1. The predicted molar refractivity (Wildman–Crippen MR) is 84.2 cm³/mol. The summed E-state index contributed by atoms with van der Waals surface area (Å²) in [4.78, 5) is 18.7. The minimum atomic E-state index is -0.0122. The molecule has 4 nitrogen and oxygen atoms in total. The van der Waals surface area contributed by atoms with Gasteiger partial charge in [-0.1, -0.05) is 30.3 Å². The van der Waals surface area contributed by atoms with Crippen molar-refractivity contribution in [3.63, 3.8) is 0 Å². The van der Waals surface area contributed by atoms with Gasteiger partial charge in [0.1, 0.15) is 5.82 Å². The monoisotopic (exact) mass is 279 g/mol. The molecule has 0 radical (unpaired) electrons. The lowest BCUT2D eigenvalue weighted by molar-refractivity contribution is -0.113. The maximum absolute atomic E-state index is 12.2. The van der Waals surface area contributed by atoms with Crippen LogP contribution in [0.5, 0.6) is 0 Å². The van der Waals surface area contributed by atoms with Gasteiger partial charge in [-0.25, -0.2) is 4.98 Å². The molecular weight excluding hydrogens is 262 g/mol. The summed E-state index contributed by atoms with van der Waals surface area (Å²) in [6, 6.07) is 15.4. The summed E-state index contributed by atoms with van der Waals surface area (Å²) >= 11 is 0. The first-order valence-corrected chi connectivity index (χ1v) is 7.04. The Balaban J connectivity index is 1.63. The summed E-state index contributed by atoms with van der Waals surface area (Å²) in [5, 5.41) is 2.92. The van der Waals surface area contributed by atoms with Crippen molar-refractivity contribution in [2.24, 2.45) is 0 Å². The van der Waals surface area contributed by atoms with Crippen LogP contribution in [-0.2, 0) is 4.79 Å². The second-order valence-corrected chi connectivity index (χ2v) is 4.93. The number of para-hydroxylation sites is 1. The summed E-state index contributed by atoms with van der Waals surface area (Å²) < 4.78 is 0. The van der Waals surface area contributed by atoms with Gasteiger partial charge >= 0.3 is 0 Å². The van der Waals surface area contributed by atoms with Crippen LogP contribution in [0.1, 0.15) is 6.42 Å². The molecule has 0 saturated carbocycles. The smallest absolute Gasteiger partial charge is 0.251 e. The van der Waals surface area contributed by atoms with Crippen LogP contribution in [-0.4, -0.2) is 24.0 Å². The zero-order valence-electron chi connectivity index (χ0n) is 11.7. The molecule has 0 atom stereocenters. The van der Waals surface area contributed by atoms with Crippen LogP contribution in [0.15, 0.2) is 66.4 Å². The van der Waals surface area contributed by atoms with E-state index in [9.17, 15) is 4.79 Å². The lowest BCUT2D eigenvalue weighted by Crippen LogP contribution is -2.31. The molecule has 1 amide bonds. The molecule has 4 heteroatoms. The van der Waals surface area contributed by atoms with E-state index in [0.29, 0.717) is 6.54 Å². The second kappa shape index (κ2) is 6.22. The van der Waals surface area contributed by atoms with Crippen molar-refractivity contribution < 1.29 is 4.79 Å². The lowest BCUT2D eigenvalue weighted by atomic mass is 10.1. The number of nitrogens with one attached hydrogen (secondary N) is 1. The zero-order valence-corrected chi connectivity index (χ0v) is 11.7. The summed E-state index contributed by atoms with van der Waals surface area (Å²) in [5.41, 5.74) is 1.67. The van der Waals surface area contributed by atoms with Gasteiger partial charge in [0.15, 0.2) is 0 Å². The minimum Gasteiger partial charge on any atom is -0.353 e. The molecule has 1 aromatic heterocycles. The molecule has 1 aromatic carbocycles. The van der Waals surface area contributed by atoms with Crippen molar-refractivity contribution in [3.05, 3.63) is 66.4 Å². The van der Waals surface area contributed by atoms with E-state index in [2.05, 4.69) is 15.2 Å². The number of rotatable bonds is 3. The van der Waals surface area contributed by atoms with Gasteiger partial charge in [0, 0.05) is 30.5 Å². The highest BCUT2D eigenvalue weighted by Crippen LogP contribution is 2.18. The largest absolute Gasteiger partial charge is 0.353 e. The van der Waals surface area contributed by atoms with Gasteiger partial charge in [0.25, 0.3) is 5.91 Å². The van der Waals surface area contributed by atoms with Crippen LogP contribution in [0.3, 0.4) is 0 Å². The van der Waals surface area contributed by atoms with E-state index in [0.717, 1.165) is 30.0 Å². The molecule has 0 aliphatic carbocycles. The first-order chi connectivity index (χ1) is 10.3. The van der Waals surface area contributed by atoms with Crippen LogP contribution in [0.4, 0.5) is 11.5 Å². The molecule has 0 unspecified atom stereocenters. The minimum absolute atomic E-state index is 0.0122. The SMILES string of the molecule is O=C(Nc1ccccc1)C1=CCN(c2ccccn2)CC1.